The van der Waals surface area contributed by atoms with E-state index in [9.17, 15) is 19.5 Å². The minimum Gasteiger partial charge on any atom is -0.507 e. The van der Waals surface area contributed by atoms with Crippen LogP contribution in [0.15, 0.2) is 73.3 Å². The van der Waals surface area contributed by atoms with Gasteiger partial charge in [-0.1, -0.05) is 48.8 Å². The molecule has 0 unspecified atom stereocenters. The van der Waals surface area contributed by atoms with Gasteiger partial charge in [-0.05, 0) is 42.8 Å². The summed E-state index contributed by atoms with van der Waals surface area (Å²) in [6.07, 6.45) is 3.03. The molecular formula is C30H26N2O8S. The Kier molecular flexibility index (Phi) is 7.88. The van der Waals surface area contributed by atoms with Crippen LogP contribution in [0.25, 0.3) is 5.76 Å². The molecule has 1 aromatic heterocycles. The number of thiazole rings is 1. The topological polar surface area (TPSA) is 124 Å². The lowest BCUT2D eigenvalue weighted by atomic mass is 9.95. The number of fused-ring (bicyclic) bond motifs is 1. The molecule has 210 valence electrons. The number of amides is 1. The van der Waals surface area contributed by atoms with Crippen LogP contribution < -0.4 is 19.1 Å². The first-order valence-electron chi connectivity index (χ1n) is 12.6. The van der Waals surface area contributed by atoms with Gasteiger partial charge < -0.3 is 24.1 Å². The minimum absolute atomic E-state index is 0.00303. The van der Waals surface area contributed by atoms with Crippen molar-refractivity contribution in [2.45, 2.75) is 13.0 Å². The maximum atomic E-state index is 13.6. The summed E-state index contributed by atoms with van der Waals surface area (Å²) in [5, 5.41) is 11.6. The fraction of sp³-hybridized carbons (Fsp3) is 0.200. The third-order valence-electron chi connectivity index (χ3n) is 6.31. The maximum Gasteiger partial charge on any atom is 0.350 e. The van der Waals surface area contributed by atoms with Crippen LogP contribution in [0.5, 0.6) is 17.2 Å². The van der Waals surface area contributed by atoms with Gasteiger partial charge in [0.15, 0.2) is 16.6 Å². The number of anilines is 1. The summed E-state index contributed by atoms with van der Waals surface area (Å²) in [4.78, 5) is 45.5. The Morgan fingerprint density at radius 3 is 2.63 bits per heavy atom. The number of aryl methyl sites for hydroxylation is 1. The quantitative estimate of drug-likeness (QED) is 0.127. The number of carbonyl (C=O) groups excluding carboxylic acids is 3. The molecule has 1 amide bonds. The van der Waals surface area contributed by atoms with Crippen molar-refractivity contribution in [3.8, 4) is 17.2 Å². The van der Waals surface area contributed by atoms with E-state index in [0.717, 1.165) is 11.3 Å². The number of benzene rings is 2. The van der Waals surface area contributed by atoms with Gasteiger partial charge in [-0.2, -0.15) is 0 Å². The Hall–Kier alpha value is -4.90. The number of hydrogen-bond donors (Lipinski definition) is 1. The van der Waals surface area contributed by atoms with Crippen molar-refractivity contribution in [2.75, 3.05) is 31.3 Å². The molecule has 11 heteroatoms. The zero-order chi connectivity index (χ0) is 29.1. The second-order valence-electron chi connectivity index (χ2n) is 9.00. The van der Waals surface area contributed by atoms with Gasteiger partial charge in [0.25, 0.3) is 5.78 Å². The van der Waals surface area contributed by atoms with Crippen LogP contribution in [0.2, 0.25) is 0 Å². The molecule has 1 N–H and O–H groups in total. The predicted molar refractivity (Wildman–Crippen MR) is 152 cm³/mol. The van der Waals surface area contributed by atoms with E-state index in [1.54, 1.807) is 55.5 Å². The molecular weight excluding hydrogens is 548 g/mol. The van der Waals surface area contributed by atoms with Crippen molar-refractivity contribution in [1.29, 1.82) is 0 Å². The molecule has 0 aliphatic carbocycles. The van der Waals surface area contributed by atoms with Crippen LogP contribution >= 0.6 is 11.3 Å². The van der Waals surface area contributed by atoms with Crippen LogP contribution in [0, 0.1) is 6.92 Å². The lowest BCUT2D eigenvalue weighted by molar-refractivity contribution is -0.132. The maximum absolute atomic E-state index is 13.6. The molecule has 0 bridgehead atoms. The number of aliphatic hydroxyl groups is 1. The number of ether oxygens (including phenoxy) is 4. The molecule has 3 aromatic rings. The molecule has 5 rings (SSSR count). The molecule has 2 aliphatic rings. The van der Waals surface area contributed by atoms with Crippen LogP contribution in [-0.2, 0) is 14.3 Å². The number of ketones is 1. The summed E-state index contributed by atoms with van der Waals surface area (Å²) in [7, 11) is 0. The summed E-state index contributed by atoms with van der Waals surface area (Å²) in [6.45, 7) is 9.77. The molecule has 41 heavy (non-hydrogen) atoms. The largest absolute Gasteiger partial charge is 0.507 e. The average molecular weight is 575 g/mol. The number of aliphatic hydroxyl groups excluding tert-OH is 1. The van der Waals surface area contributed by atoms with E-state index in [1.165, 1.54) is 11.0 Å². The number of Topliss-reactive ketones (excluding diaryl/α,β-unsaturated/α-hetero) is 1. The van der Waals surface area contributed by atoms with E-state index >= 15 is 0 Å². The van der Waals surface area contributed by atoms with Gasteiger partial charge in [0.05, 0.1) is 17.3 Å². The summed E-state index contributed by atoms with van der Waals surface area (Å²) >= 11 is 0.913. The highest BCUT2D eigenvalue weighted by atomic mass is 32.1. The number of nitrogens with zero attached hydrogens (tertiary/aromatic N) is 2. The highest BCUT2D eigenvalue weighted by Crippen LogP contribution is 2.45. The second-order valence-corrected chi connectivity index (χ2v) is 9.98. The second kappa shape index (κ2) is 11.7. The van der Waals surface area contributed by atoms with E-state index in [-0.39, 0.29) is 34.4 Å². The third kappa shape index (κ3) is 5.31. The van der Waals surface area contributed by atoms with E-state index in [1.807, 2.05) is 0 Å². The van der Waals surface area contributed by atoms with Gasteiger partial charge in [0.1, 0.15) is 42.8 Å². The number of aromatic nitrogens is 1. The average Bonchev–Trinajstić information content (AvgIpc) is 3.50. The fourth-order valence-electron chi connectivity index (χ4n) is 4.50. The molecule has 0 radical (unpaired) electrons. The monoisotopic (exact) mass is 574 g/mol. The van der Waals surface area contributed by atoms with E-state index < -0.39 is 29.5 Å². The van der Waals surface area contributed by atoms with Crippen molar-refractivity contribution in [1.82, 2.24) is 4.98 Å². The smallest absolute Gasteiger partial charge is 0.350 e. The third-order valence-corrected chi connectivity index (χ3v) is 7.45. The standard InChI is InChI=1S/C30H26N2O8S/c1-4-11-37-20-8-6-7-18(15-20)24-23(25(33)19-9-10-21-22(16-19)39-14-13-38-21)26(34)28(35)32(24)30-31-17(3)27(41-30)29(36)40-12-5-2/h4-10,15-16,24,33H,1-2,11-14H2,3H3/t24-/m0/s1. The van der Waals surface area contributed by atoms with Gasteiger partial charge in [0.2, 0.25) is 0 Å². The molecule has 10 nitrogen and oxygen atoms in total. The molecule has 1 atom stereocenters. The summed E-state index contributed by atoms with van der Waals surface area (Å²) in [5.41, 5.74) is 0.916. The SMILES string of the molecule is C=CCOC(=O)c1sc(N2C(=O)C(=O)C(=C(O)c3ccc4c(c3)OCCO4)[C@@H]2c2cccc(OCC=C)c2)nc1C. The number of rotatable bonds is 9. The van der Waals surface area contributed by atoms with Crippen LogP contribution in [0.3, 0.4) is 0 Å². The first-order valence-corrected chi connectivity index (χ1v) is 13.5. The molecule has 3 heterocycles. The Labute approximate surface area is 239 Å². The first-order chi connectivity index (χ1) is 19.8. The van der Waals surface area contributed by atoms with Crippen molar-refractivity contribution < 1.29 is 38.4 Å². The lowest BCUT2D eigenvalue weighted by Crippen LogP contribution is -2.29. The van der Waals surface area contributed by atoms with E-state index in [0.29, 0.717) is 41.7 Å². The van der Waals surface area contributed by atoms with Crippen molar-refractivity contribution >= 4 is 39.9 Å². The molecule has 2 aliphatic heterocycles. The highest BCUT2D eigenvalue weighted by Gasteiger charge is 2.48. The zero-order valence-corrected chi connectivity index (χ0v) is 22.9. The molecule has 1 saturated heterocycles. The lowest BCUT2D eigenvalue weighted by Gasteiger charge is -2.23. The summed E-state index contributed by atoms with van der Waals surface area (Å²) < 4.78 is 22.1. The molecule has 2 aromatic carbocycles. The van der Waals surface area contributed by atoms with Gasteiger partial charge >= 0.3 is 11.9 Å². The number of esters is 1. The van der Waals surface area contributed by atoms with Gasteiger partial charge in [0, 0.05) is 5.56 Å². The first kappa shape index (κ1) is 27.7. The normalized spacial score (nSPS) is 17.3. The molecule has 0 spiro atoms. The van der Waals surface area contributed by atoms with E-state index in [4.69, 9.17) is 18.9 Å². The van der Waals surface area contributed by atoms with Crippen LogP contribution in [0.4, 0.5) is 5.13 Å². The van der Waals surface area contributed by atoms with Crippen LogP contribution in [-0.4, -0.2) is 54.2 Å². The Morgan fingerprint density at radius 2 is 1.88 bits per heavy atom. The Bertz CT molecular complexity index is 1590. The zero-order valence-electron chi connectivity index (χ0n) is 22.1. The van der Waals surface area contributed by atoms with Gasteiger partial charge in [-0.3, -0.25) is 14.5 Å². The van der Waals surface area contributed by atoms with E-state index in [2.05, 4.69) is 18.1 Å². The van der Waals surface area contributed by atoms with Crippen LogP contribution in [0.1, 0.15) is 32.5 Å². The number of carbonyl (C=O) groups is 3. The van der Waals surface area contributed by atoms with Crippen molar-refractivity contribution in [3.63, 3.8) is 0 Å². The van der Waals surface area contributed by atoms with Gasteiger partial charge in [-0.25, -0.2) is 9.78 Å². The minimum atomic E-state index is -1.09. The number of hydrogen-bond acceptors (Lipinski definition) is 10. The Balaban J connectivity index is 1.65. The molecule has 1 fully saturated rings. The van der Waals surface area contributed by atoms with Gasteiger partial charge in [-0.15, -0.1) is 0 Å². The highest BCUT2D eigenvalue weighted by molar-refractivity contribution is 7.17. The summed E-state index contributed by atoms with van der Waals surface area (Å²) in [6, 6.07) is 10.5. The van der Waals surface area contributed by atoms with Crippen molar-refractivity contribution in [2.24, 2.45) is 0 Å². The molecule has 0 saturated carbocycles. The van der Waals surface area contributed by atoms with Crippen molar-refractivity contribution in [3.05, 3.63) is 95.0 Å². The predicted octanol–water partition coefficient (Wildman–Crippen LogP) is 4.76. The summed E-state index contributed by atoms with van der Waals surface area (Å²) in [5.74, 6) is -1.47. The Morgan fingerprint density at radius 1 is 1.12 bits per heavy atom. The fourth-order valence-corrected chi connectivity index (χ4v) is 5.48.